The molecule has 76 valence electrons. The van der Waals surface area contributed by atoms with Crippen LogP contribution in [0.1, 0.15) is 10.6 Å². The van der Waals surface area contributed by atoms with E-state index in [1.54, 1.807) is 12.1 Å². The van der Waals surface area contributed by atoms with E-state index >= 15 is 0 Å². The van der Waals surface area contributed by atoms with Crippen molar-refractivity contribution in [1.82, 2.24) is 9.97 Å². The van der Waals surface area contributed by atoms with E-state index in [4.69, 9.17) is 10.2 Å². The molecule has 2 aromatic heterocycles. The minimum absolute atomic E-state index is 0.133. The maximum absolute atomic E-state index is 11.4. The van der Waals surface area contributed by atoms with E-state index in [1.165, 1.54) is 18.8 Å². The molecule has 0 unspecified atom stereocenters. The normalized spacial score (nSPS) is 9.87. The second-order valence-corrected chi connectivity index (χ2v) is 2.80. The standard InChI is InChI=1S/C9H8N4O2/c10-6-1-2-8(12-3-6)13-9(14)7-4-11-5-15-7/h1-5H,10H2,(H,12,13,14). The zero-order chi connectivity index (χ0) is 10.7. The number of nitrogens with two attached hydrogens (primary N) is 1. The molecule has 0 aliphatic carbocycles. The molecule has 0 fully saturated rings. The number of aromatic nitrogens is 2. The molecule has 0 saturated carbocycles. The Kier molecular flexibility index (Phi) is 2.32. The highest BCUT2D eigenvalue weighted by Gasteiger charge is 2.09. The van der Waals surface area contributed by atoms with E-state index in [0.717, 1.165) is 0 Å². The third-order valence-corrected chi connectivity index (χ3v) is 1.68. The van der Waals surface area contributed by atoms with Crippen LogP contribution in [-0.2, 0) is 0 Å². The van der Waals surface area contributed by atoms with Crippen molar-refractivity contribution >= 4 is 17.4 Å². The Bertz CT molecular complexity index is 449. The summed E-state index contributed by atoms with van der Waals surface area (Å²) >= 11 is 0. The maximum Gasteiger partial charge on any atom is 0.294 e. The molecule has 6 nitrogen and oxygen atoms in total. The molecule has 15 heavy (non-hydrogen) atoms. The number of pyridine rings is 1. The predicted octanol–water partition coefficient (Wildman–Crippen LogP) is 0.904. The van der Waals surface area contributed by atoms with Crippen LogP contribution in [0.3, 0.4) is 0 Å². The first kappa shape index (κ1) is 9.20. The molecule has 1 amide bonds. The lowest BCUT2D eigenvalue weighted by molar-refractivity contribution is 0.0996. The highest BCUT2D eigenvalue weighted by molar-refractivity contribution is 6.01. The molecule has 0 radical (unpaired) electrons. The van der Waals surface area contributed by atoms with Gasteiger partial charge in [0, 0.05) is 0 Å². The number of hydrogen-bond acceptors (Lipinski definition) is 5. The second kappa shape index (κ2) is 3.79. The largest absolute Gasteiger partial charge is 0.438 e. The van der Waals surface area contributed by atoms with Gasteiger partial charge in [0.1, 0.15) is 5.82 Å². The van der Waals surface area contributed by atoms with Gasteiger partial charge in [-0.15, -0.1) is 0 Å². The second-order valence-electron chi connectivity index (χ2n) is 2.80. The molecule has 0 saturated heterocycles. The Labute approximate surface area is 85.1 Å². The Morgan fingerprint density at radius 1 is 1.40 bits per heavy atom. The van der Waals surface area contributed by atoms with Crippen molar-refractivity contribution in [3.8, 4) is 0 Å². The summed E-state index contributed by atoms with van der Waals surface area (Å²) in [4.78, 5) is 19.0. The Balaban J connectivity index is 2.09. The number of anilines is 2. The number of carbonyl (C=O) groups excluding carboxylic acids is 1. The lowest BCUT2D eigenvalue weighted by Crippen LogP contribution is -2.11. The fourth-order valence-electron chi connectivity index (χ4n) is 0.985. The van der Waals surface area contributed by atoms with Gasteiger partial charge in [0.2, 0.25) is 5.76 Å². The van der Waals surface area contributed by atoms with Gasteiger partial charge in [-0.1, -0.05) is 0 Å². The number of oxazole rings is 1. The number of nitrogens with zero attached hydrogens (tertiary/aromatic N) is 2. The Hall–Kier alpha value is -2.37. The van der Waals surface area contributed by atoms with Crippen molar-refractivity contribution in [2.24, 2.45) is 0 Å². The SMILES string of the molecule is Nc1ccc(NC(=O)c2cnco2)nc1. The van der Waals surface area contributed by atoms with Crippen LogP contribution in [0, 0.1) is 0 Å². The zero-order valence-corrected chi connectivity index (χ0v) is 7.68. The van der Waals surface area contributed by atoms with Gasteiger partial charge in [-0.25, -0.2) is 9.97 Å². The van der Waals surface area contributed by atoms with Crippen molar-refractivity contribution in [1.29, 1.82) is 0 Å². The van der Waals surface area contributed by atoms with Gasteiger partial charge >= 0.3 is 0 Å². The third-order valence-electron chi connectivity index (χ3n) is 1.68. The summed E-state index contributed by atoms with van der Waals surface area (Å²) in [5.41, 5.74) is 5.98. The van der Waals surface area contributed by atoms with Crippen LogP contribution in [0.5, 0.6) is 0 Å². The van der Waals surface area contributed by atoms with Crippen molar-refractivity contribution < 1.29 is 9.21 Å². The molecule has 6 heteroatoms. The first-order valence-electron chi connectivity index (χ1n) is 4.17. The molecular weight excluding hydrogens is 196 g/mol. The van der Waals surface area contributed by atoms with Crippen LogP contribution in [0.2, 0.25) is 0 Å². The number of amides is 1. The average molecular weight is 204 g/mol. The van der Waals surface area contributed by atoms with Crippen molar-refractivity contribution in [2.75, 3.05) is 11.1 Å². The van der Waals surface area contributed by atoms with E-state index in [1.807, 2.05) is 0 Å². The van der Waals surface area contributed by atoms with E-state index in [2.05, 4.69) is 15.3 Å². The minimum atomic E-state index is -0.398. The van der Waals surface area contributed by atoms with Crippen molar-refractivity contribution in [3.05, 3.63) is 36.7 Å². The van der Waals surface area contributed by atoms with E-state index < -0.39 is 5.91 Å². The van der Waals surface area contributed by atoms with Crippen LogP contribution < -0.4 is 11.1 Å². The van der Waals surface area contributed by atoms with Crippen LogP contribution in [-0.4, -0.2) is 15.9 Å². The zero-order valence-electron chi connectivity index (χ0n) is 7.68. The molecule has 0 bridgehead atoms. The molecule has 0 spiro atoms. The molecule has 2 heterocycles. The smallest absolute Gasteiger partial charge is 0.294 e. The molecule has 0 atom stereocenters. The number of nitrogens with one attached hydrogen (secondary N) is 1. The maximum atomic E-state index is 11.4. The van der Waals surface area contributed by atoms with Crippen molar-refractivity contribution in [2.45, 2.75) is 0 Å². The number of hydrogen-bond donors (Lipinski definition) is 2. The average Bonchev–Trinajstić information content (AvgIpc) is 2.74. The molecule has 3 N–H and O–H groups in total. The predicted molar refractivity (Wildman–Crippen MR) is 53.1 cm³/mol. The lowest BCUT2D eigenvalue weighted by atomic mass is 10.4. The highest BCUT2D eigenvalue weighted by Crippen LogP contribution is 2.07. The van der Waals surface area contributed by atoms with Gasteiger partial charge in [0.05, 0.1) is 18.1 Å². The summed E-state index contributed by atoms with van der Waals surface area (Å²) in [5, 5.41) is 2.53. The number of carbonyl (C=O) groups is 1. The third kappa shape index (κ3) is 2.11. The lowest BCUT2D eigenvalue weighted by Gasteiger charge is -2.01. The number of nitrogen functional groups attached to an aromatic ring is 1. The summed E-state index contributed by atoms with van der Waals surface area (Å²) in [5.74, 6) is 0.143. The Morgan fingerprint density at radius 2 is 2.27 bits per heavy atom. The topological polar surface area (TPSA) is 94.0 Å². The van der Waals surface area contributed by atoms with Crippen molar-refractivity contribution in [3.63, 3.8) is 0 Å². The summed E-state index contributed by atoms with van der Waals surface area (Å²) < 4.78 is 4.82. The molecule has 0 aromatic carbocycles. The van der Waals surface area contributed by atoms with Gasteiger partial charge in [-0.05, 0) is 12.1 Å². The monoisotopic (exact) mass is 204 g/mol. The van der Waals surface area contributed by atoms with Gasteiger partial charge < -0.3 is 15.5 Å². The highest BCUT2D eigenvalue weighted by atomic mass is 16.3. The van der Waals surface area contributed by atoms with E-state index in [9.17, 15) is 4.79 Å². The fraction of sp³-hybridized carbons (Fsp3) is 0. The fourth-order valence-corrected chi connectivity index (χ4v) is 0.985. The summed E-state index contributed by atoms with van der Waals surface area (Å²) in [7, 11) is 0. The van der Waals surface area contributed by atoms with Gasteiger partial charge in [-0.2, -0.15) is 0 Å². The molecule has 0 aliphatic rings. The Morgan fingerprint density at radius 3 is 2.87 bits per heavy atom. The van der Waals surface area contributed by atoms with Crippen LogP contribution in [0.25, 0.3) is 0 Å². The van der Waals surface area contributed by atoms with Gasteiger partial charge in [0.25, 0.3) is 5.91 Å². The molecular formula is C9H8N4O2. The van der Waals surface area contributed by atoms with Gasteiger partial charge in [-0.3, -0.25) is 4.79 Å². The summed E-state index contributed by atoms with van der Waals surface area (Å²) in [6.45, 7) is 0. The minimum Gasteiger partial charge on any atom is -0.438 e. The summed E-state index contributed by atoms with van der Waals surface area (Å²) in [6.07, 6.45) is 3.97. The molecule has 2 rings (SSSR count). The molecule has 0 aliphatic heterocycles. The van der Waals surface area contributed by atoms with E-state index in [-0.39, 0.29) is 5.76 Å². The first-order chi connectivity index (χ1) is 7.25. The quantitative estimate of drug-likeness (QED) is 0.758. The van der Waals surface area contributed by atoms with Crippen LogP contribution in [0.15, 0.2) is 35.3 Å². The van der Waals surface area contributed by atoms with Crippen LogP contribution in [0.4, 0.5) is 11.5 Å². The van der Waals surface area contributed by atoms with E-state index in [0.29, 0.717) is 11.5 Å². The first-order valence-corrected chi connectivity index (χ1v) is 4.17. The van der Waals surface area contributed by atoms with Crippen LogP contribution >= 0.6 is 0 Å². The summed E-state index contributed by atoms with van der Waals surface area (Å²) in [6, 6.07) is 3.24. The van der Waals surface area contributed by atoms with Gasteiger partial charge in [0.15, 0.2) is 6.39 Å². The number of rotatable bonds is 2. The molecule has 2 aromatic rings.